The van der Waals surface area contributed by atoms with Gasteiger partial charge in [-0.15, -0.1) is 0 Å². The maximum Gasteiger partial charge on any atom is 0.126 e. The van der Waals surface area contributed by atoms with E-state index in [1.165, 1.54) is 22.8 Å². The van der Waals surface area contributed by atoms with E-state index in [1.54, 1.807) is 7.11 Å². The highest BCUT2D eigenvalue weighted by Crippen LogP contribution is 2.28. The van der Waals surface area contributed by atoms with Crippen LogP contribution in [0.5, 0.6) is 5.75 Å². The van der Waals surface area contributed by atoms with E-state index < -0.39 is 0 Å². The van der Waals surface area contributed by atoms with Gasteiger partial charge in [-0.05, 0) is 35.9 Å². The van der Waals surface area contributed by atoms with Crippen molar-refractivity contribution in [2.24, 2.45) is 5.92 Å². The first-order valence-electron chi connectivity index (χ1n) is 6.97. The molecule has 0 saturated carbocycles. The molecule has 2 aromatic carbocycles. The zero-order valence-electron chi connectivity index (χ0n) is 12.1. The van der Waals surface area contributed by atoms with Crippen molar-refractivity contribution in [3.63, 3.8) is 0 Å². The molecule has 19 heavy (non-hydrogen) atoms. The second-order valence-electron chi connectivity index (χ2n) is 5.33. The van der Waals surface area contributed by atoms with Gasteiger partial charge in [0, 0.05) is 11.9 Å². The summed E-state index contributed by atoms with van der Waals surface area (Å²) in [6.07, 6.45) is 1.22. The molecule has 0 unspecified atom stereocenters. The van der Waals surface area contributed by atoms with Gasteiger partial charge in [-0.1, -0.05) is 44.2 Å². The molecule has 0 amide bonds. The molecule has 2 heteroatoms. The molecule has 0 atom stereocenters. The smallest absolute Gasteiger partial charge is 0.126 e. The summed E-state index contributed by atoms with van der Waals surface area (Å²) in [5, 5.41) is 5.99. The lowest BCUT2D eigenvalue weighted by Gasteiger charge is -2.12. The van der Waals surface area contributed by atoms with Gasteiger partial charge in [0.25, 0.3) is 0 Å². The molecule has 2 nitrogen and oxygen atoms in total. The third-order valence-electron chi connectivity index (χ3n) is 3.41. The second kappa shape index (κ2) is 6.58. The molecule has 2 aromatic rings. The maximum atomic E-state index is 5.42. The number of hydrogen-bond donors (Lipinski definition) is 1. The van der Waals surface area contributed by atoms with Crippen LogP contribution in [0.3, 0.4) is 0 Å². The molecule has 2 rings (SSSR count). The molecule has 0 saturated heterocycles. The molecule has 0 fully saturated rings. The first-order chi connectivity index (χ1) is 9.22. The van der Waals surface area contributed by atoms with Gasteiger partial charge < -0.3 is 10.1 Å². The Bertz CT molecular complexity index is 534. The third-order valence-corrected chi connectivity index (χ3v) is 3.41. The summed E-state index contributed by atoms with van der Waals surface area (Å²) < 4.78 is 5.42. The van der Waals surface area contributed by atoms with E-state index in [4.69, 9.17) is 4.74 Å². The molecule has 0 heterocycles. The Morgan fingerprint density at radius 2 is 1.79 bits per heavy atom. The summed E-state index contributed by atoms with van der Waals surface area (Å²) in [6, 6.07) is 12.6. The van der Waals surface area contributed by atoms with Gasteiger partial charge in [-0.25, -0.2) is 0 Å². The fourth-order valence-electron chi connectivity index (χ4n) is 2.28. The van der Waals surface area contributed by atoms with Crippen molar-refractivity contribution in [2.75, 3.05) is 13.7 Å². The largest absolute Gasteiger partial charge is 0.496 e. The summed E-state index contributed by atoms with van der Waals surface area (Å²) in [5.74, 6) is 1.70. The van der Waals surface area contributed by atoms with Crippen molar-refractivity contribution in [2.45, 2.75) is 26.8 Å². The topological polar surface area (TPSA) is 21.3 Å². The monoisotopic (exact) mass is 257 g/mol. The highest BCUT2D eigenvalue weighted by molar-refractivity contribution is 5.91. The summed E-state index contributed by atoms with van der Waals surface area (Å²) in [6.45, 7) is 6.49. The Balaban J connectivity index is 2.15. The quantitative estimate of drug-likeness (QED) is 0.790. The lowest BCUT2D eigenvalue weighted by molar-refractivity contribution is 0.419. The van der Waals surface area contributed by atoms with E-state index in [0.717, 1.165) is 24.8 Å². The van der Waals surface area contributed by atoms with Gasteiger partial charge in [-0.2, -0.15) is 0 Å². The number of methoxy groups -OCH3 is 1. The van der Waals surface area contributed by atoms with Crippen LogP contribution in [0.4, 0.5) is 0 Å². The first-order valence-corrected chi connectivity index (χ1v) is 6.97. The van der Waals surface area contributed by atoms with E-state index in [1.807, 2.05) is 0 Å². The van der Waals surface area contributed by atoms with E-state index >= 15 is 0 Å². The SMILES string of the molecule is COc1ccc(CNCCC(C)C)c2ccccc12. The highest BCUT2D eigenvalue weighted by Gasteiger charge is 2.05. The average molecular weight is 257 g/mol. The molecular weight excluding hydrogens is 234 g/mol. The second-order valence-corrected chi connectivity index (χ2v) is 5.33. The van der Waals surface area contributed by atoms with Gasteiger partial charge in [-0.3, -0.25) is 0 Å². The van der Waals surface area contributed by atoms with Crippen LogP contribution in [0.25, 0.3) is 10.8 Å². The van der Waals surface area contributed by atoms with Crippen LogP contribution in [0, 0.1) is 5.92 Å². The van der Waals surface area contributed by atoms with E-state index in [0.29, 0.717) is 0 Å². The maximum absolute atomic E-state index is 5.42. The number of nitrogens with one attached hydrogen (secondary N) is 1. The van der Waals surface area contributed by atoms with Crippen molar-refractivity contribution in [3.05, 3.63) is 42.0 Å². The molecule has 0 aromatic heterocycles. The minimum absolute atomic E-state index is 0.750. The molecule has 0 aliphatic heterocycles. The number of benzene rings is 2. The van der Waals surface area contributed by atoms with Crippen molar-refractivity contribution < 1.29 is 4.74 Å². The summed E-state index contributed by atoms with van der Waals surface area (Å²) >= 11 is 0. The molecule has 1 N–H and O–H groups in total. The fraction of sp³-hybridized carbons (Fsp3) is 0.412. The Labute approximate surface area is 115 Å². The summed E-state index contributed by atoms with van der Waals surface area (Å²) in [5.41, 5.74) is 1.33. The number of rotatable bonds is 6. The third kappa shape index (κ3) is 3.48. The van der Waals surface area contributed by atoms with Crippen LogP contribution in [0.2, 0.25) is 0 Å². The standard InChI is InChI=1S/C17H23NO/c1-13(2)10-11-18-12-14-8-9-17(19-3)16-7-5-4-6-15(14)16/h4-9,13,18H,10-12H2,1-3H3. The lowest BCUT2D eigenvalue weighted by Crippen LogP contribution is -2.16. The molecule has 0 spiro atoms. The number of hydrogen-bond acceptors (Lipinski definition) is 2. The van der Waals surface area contributed by atoms with Crippen LogP contribution in [-0.2, 0) is 6.54 Å². The van der Waals surface area contributed by atoms with E-state index in [2.05, 4.69) is 55.6 Å². The van der Waals surface area contributed by atoms with Crippen LogP contribution >= 0.6 is 0 Å². The normalized spacial score (nSPS) is 11.2. The minimum Gasteiger partial charge on any atom is -0.496 e. The number of fused-ring (bicyclic) bond motifs is 1. The minimum atomic E-state index is 0.750. The highest BCUT2D eigenvalue weighted by atomic mass is 16.5. The zero-order valence-corrected chi connectivity index (χ0v) is 12.1. The Hall–Kier alpha value is -1.54. The van der Waals surface area contributed by atoms with Gasteiger partial charge >= 0.3 is 0 Å². The molecule has 0 aliphatic rings. The Morgan fingerprint density at radius 3 is 2.47 bits per heavy atom. The van der Waals surface area contributed by atoms with Gasteiger partial charge in [0.15, 0.2) is 0 Å². The van der Waals surface area contributed by atoms with Crippen molar-refractivity contribution in [1.82, 2.24) is 5.32 Å². The van der Waals surface area contributed by atoms with Crippen LogP contribution < -0.4 is 10.1 Å². The van der Waals surface area contributed by atoms with Crippen LogP contribution in [0.1, 0.15) is 25.8 Å². The predicted molar refractivity (Wildman–Crippen MR) is 81.7 cm³/mol. The summed E-state index contributed by atoms with van der Waals surface area (Å²) in [4.78, 5) is 0. The molecular formula is C17H23NO. The van der Waals surface area contributed by atoms with E-state index in [9.17, 15) is 0 Å². The molecule has 102 valence electrons. The number of ether oxygens (including phenoxy) is 1. The van der Waals surface area contributed by atoms with E-state index in [-0.39, 0.29) is 0 Å². The van der Waals surface area contributed by atoms with Crippen molar-refractivity contribution in [1.29, 1.82) is 0 Å². The molecule has 0 aliphatic carbocycles. The van der Waals surface area contributed by atoms with Crippen LogP contribution in [-0.4, -0.2) is 13.7 Å². The van der Waals surface area contributed by atoms with Crippen molar-refractivity contribution in [3.8, 4) is 5.75 Å². The average Bonchev–Trinajstić information content (AvgIpc) is 2.43. The van der Waals surface area contributed by atoms with Crippen LogP contribution in [0.15, 0.2) is 36.4 Å². The Morgan fingerprint density at radius 1 is 1.05 bits per heavy atom. The molecule has 0 radical (unpaired) electrons. The van der Waals surface area contributed by atoms with Gasteiger partial charge in [0.2, 0.25) is 0 Å². The molecule has 0 bridgehead atoms. The summed E-state index contributed by atoms with van der Waals surface area (Å²) in [7, 11) is 1.72. The van der Waals surface area contributed by atoms with Gasteiger partial charge in [0.05, 0.1) is 7.11 Å². The fourth-order valence-corrected chi connectivity index (χ4v) is 2.28. The predicted octanol–water partition coefficient (Wildman–Crippen LogP) is 3.98. The Kier molecular flexibility index (Phi) is 4.80. The lowest BCUT2D eigenvalue weighted by atomic mass is 10.0. The zero-order chi connectivity index (χ0) is 13.7. The first kappa shape index (κ1) is 13.9. The van der Waals surface area contributed by atoms with Gasteiger partial charge in [0.1, 0.15) is 5.75 Å². The van der Waals surface area contributed by atoms with Crippen molar-refractivity contribution >= 4 is 10.8 Å².